The first-order valence-electron chi connectivity index (χ1n) is 6.30. The molecule has 1 fully saturated rings. The van der Waals surface area contributed by atoms with E-state index in [2.05, 4.69) is 0 Å². The Morgan fingerprint density at radius 2 is 2.32 bits per heavy atom. The molecule has 1 aliphatic rings. The molecule has 0 saturated carbocycles. The largest absolute Gasteiger partial charge is 0.481 e. The van der Waals surface area contributed by atoms with Crippen LogP contribution in [0.15, 0.2) is 16.7 Å². The summed E-state index contributed by atoms with van der Waals surface area (Å²) in [5, 5.41) is 8.78. The molecule has 19 heavy (non-hydrogen) atoms. The number of morpholine rings is 1. The molecule has 1 amide bonds. The fraction of sp³-hybridized carbons (Fsp3) is 0.538. The Morgan fingerprint density at radius 3 is 3.00 bits per heavy atom. The van der Waals surface area contributed by atoms with Crippen molar-refractivity contribution in [3.63, 3.8) is 0 Å². The molecule has 1 aromatic rings. The van der Waals surface area contributed by atoms with Crippen LogP contribution in [0.2, 0.25) is 0 Å². The van der Waals surface area contributed by atoms with Gasteiger partial charge < -0.3 is 19.2 Å². The Bertz CT molecular complexity index is 467. The quantitative estimate of drug-likeness (QED) is 0.885. The summed E-state index contributed by atoms with van der Waals surface area (Å²) in [6.07, 6.45) is 1.96. The Labute approximate surface area is 110 Å². The number of hydrogen-bond donors (Lipinski definition) is 1. The van der Waals surface area contributed by atoms with Crippen molar-refractivity contribution in [3.8, 4) is 0 Å². The first kappa shape index (κ1) is 13.6. The predicted molar refractivity (Wildman–Crippen MR) is 66.0 cm³/mol. The van der Waals surface area contributed by atoms with Gasteiger partial charge in [-0.2, -0.15) is 0 Å². The number of amides is 1. The van der Waals surface area contributed by atoms with Crippen LogP contribution >= 0.6 is 0 Å². The SMILES string of the molecule is CCC1CN(C(=O)c2ccoc2CC(=O)O)CCO1. The van der Waals surface area contributed by atoms with Crippen molar-refractivity contribution in [2.45, 2.75) is 25.9 Å². The van der Waals surface area contributed by atoms with E-state index in [1.807, 2.05) is 6.92 Å². The molecule has 1 aliphatic heterocycles. The number of aliphatic carboxylic acids is 1. The Kier molecular flexibility index (Phi) is 4.21. The van der Waals surface area contributed by atoms with Crippen LogP contribution in [-0.4, -0.2) is 47.7 Å². The van der Waals surface area contributed by atoms with E-state index in [-0.39, 0.29) is 24.2 Å². The number of rotatable bonds is 4. The third kappa shape index (κ3) is 3.14. The minimum Gasteiger partial charge on any atom is -0.481 e. The average Bonchev–Trinajstić information content (AvgIpc) is 2.85. The van der Waals surface area contributed by atoms with Gasteiger partial charge in [-0.15, -0.1) is 0 Å². The van der Waals surface area contributed by atoms with Crippen molar-refractivity contribution >= 4 is 11.9 Å². The maximum atomic E-state index is 12.3. The molecule has 0 spiro atoms. The molecule has 104 valence electrons. The zero-order valence-corrected chi connectivity index (χ0v) is 10.8. The van der Waals surface area contributed by atoms with Crippen LogP contribution in [0.25, 0.3) is 0 Å². The third-order valence-corrected chi connectivity index (χ3v) is 3.17. The Hall–Kier alpha value is -1.82. The van der Waals surface area contributed by atoms with Crippen molar-refractivity contribution in [3.05, 3.63) is 23.7 Å². The monoisotopic (exact) mass is 267 g/mol. The number of hydrogen-bond acceptors (Lipinski definition) is 4. The van der Waals surface area contributed by atoms with E-state index < -0.39 is 5.97 Å². The van der Waals surface area contributed by atoms with Crippen molar-refractivity contribution in [2.75, 3.05) is 19.7 Å². The number of nitrogens with zero attached hydrogens (tertiary/aromatic N) is 1. The lowest BCUT2D eigenvalue weighted by Gasteiger charge is -2.32. The summed E-state index contributed by atoms with van der Waals surface area (Å²) in [7, 11) is 0. The van der Waals surface area contributed by atoms with Crippen LogP contribution in [0.4, 0.5) is 0 Å². The number of carbonyl (C=O) groups is 2. The number of ether oxygens (including phenoxy) is 1. The molecule has 0 radical (unpaired) electrons. The number of carboxylic acid groups (broad SMARTS) is 1. The van der Waals surface area contributed by atoms with Gasteiger partial charge in [0, 0.05) is 13.1 Å². The van der Waals surface area contributed by atoms with Gasteiger partial charge in [0.15, 0.2) is 0 Å². The maximum absolute atomic E-state index is 12.3. The summed E-state index contributed by atoms with van der Waals surface area (Å²) in [6, 6.07) is 1.52. The van der Waals surface area contributed by atoms with Gasteiger partial charge in [-0.25, -0.2) is 0 Å². The van der Waals surface area contributed by atoms with Gasteiger partial charge in [0.2, 0.25) is 0 Å². The molecule has 1 atom stereocenters. The molecule has 2 rings (SSSR count). The minimum absolute atomic E-state index is 0.0486. The highest BCUT2D eigenvalue weighted by molar-refractivity contribution is 5.96. The Morgan fingerprint density at radius 1 is 1.53 bits per heavy atom. The molecule has 6 heteroatoms. The van der Waals surface area contributed by atoms with Gasteiger partial charge in [0.25, 0.3) is 5.91 Å². The van der Waals surface area contributed by atoms with Crippen LogP contribution in [0.3, 0.4) is 0 Å². The molecule has 1 aromatic heterocycles. The second-order valence-electron chi connectivity index (χ2n) is 4.48. The first-order valence-corrected chi connectivity index (χ1v) is 6.30. The van der Waals surface area contributed by atoms with Crippen molar-refractivity contribution in [1.29, 1.82) is 0 Å². The second kappa shape index (κ2) is 5.88. The lowest BCUT2D eigenvalue weighted by atomic mass is 10.1. The average molecular weight is 267 g/mol. The lowest BCUT2D eigenvalue weighted by Crippen LogP contribution is -2.45. The fourth-order valence-electron chi connectivity index (χ4n) is 2.13. The standard InChI is InChI=1S/C13H17NO5/c1-2-9-8-14(4-6-18-9)13(17)10-3-5-19-11(10)7-12(15)16/h3,5,9H,2,4,6-8H2,1H3,(H,15,16). The normalized spacial score (nSPS) is 19.4. The third-order valence-electron chi connectivity index (χ3n) is 3.17. The summed E-state index contributed by atoms with van der Waals surface area (Å²) >= 11 is 0. The molecule has 2 heterocycles. The molecular formula is C13H17NO5. The smallest absolute Gasteiger partial charge is 0.311 e. The summed E-state index contributed by atoms with van der Waals surface area (Å²) < 4.78 is 10.6. The molecule has 1 unspecified atom stereocenters. The van der Waals surface area contributed by atoms with Crippen LogP contribution in [0.1, 0.15) is 29.5 Å². The zero-order chi connectivity index (χ0) is 13.8. The van der Waals surface area contributed by atoms with Gasteiger partial charge >= 0.3 is 5.97 Å². The molecule has 0 aliphatic carbocycles. The summed E-state index contributed by atoms with van der Waals surface area (Å²) in [5.41, 5.74) is 0.333. The van der Waals surface area contributed by atoms with Crippen LogP contribution < -0.4 is 0 Å². The van der Waals surface area contributed by atoms with E-state index in [9.17, 15) is 9.59 Å². The topological polar surface area (TPSA) is 80.0 Å². The molecule has 1 saturated heterocycles. The highest BCUT2D eigenvalue weighted by atomic mass is 16.5. The Balaban J connectivity index is 2.10. The number of furan rings is 1. The molecule has 6 nitrogen and oxygen atoms in total. The minimum atomic E-state index is -1.02. The summed E-state index contributed by atoms with van der Waals surface area (Å²) in [5.74, 6) is -0.999. The first-order chi connectivity index (χ1) is 9.11. The van der Waals surface area contributed by atoms with E-state index in [4.69, 9.17) is 14.3 Å². The van der Waals surface area contributed by atoms with Crippen molar-refractivity contribution in [2.24, 2.45) is 0 Å². The van der Waals surface area contributed by atoms with Crippen molar-refractivity contribution < 1.29 is 23.8 Å². The van der Waals surface area contributed by atoms with E-state index in [0.717, 1.165) is 6.42 Å². The van der Waals surface area contributed by atoms with Gasteiger partial charge in [0.05, 0.1) is 24.5 Å². The van der Waals surface area contributed by atoms with E-state index >= 15 is 0 Å². The van der Waals surface area contributed by atoms with E-state index in [1.54, 1.807) is 4.90 Å². The highest BCUT2D eigenvalue weighted by Gasteiger charge is 2.27. The van der Waals surface area contributed by atoms with Gasteiger partial charge in [-0.3, -0.25) is 9.59 Å². The summed E-state index contributed by atoms with van der Waals surface area (Å²) in [4.78, 5) is 24.7. The molecule has 1 N–H and O–H groups in total. The summed E-state index contributed by atoms with van der Waals surface area (Å²) in [6.45, 7) is 3.57. The van der Waals surface area contributed by atoms with Gasteiger partial charge in [0.1, 0.15) is 12.2 Å². The molecular weight excluding hydrogens is 250 g/mol. The van der Waals surface area contributed by atoms with Gasteiger partial charge in [-0.05, 0) is 12.5 Å². The van der Waals surface area contributed by atoms with E-state index in [0.29, 0.717) is 25.3 Å². The second-order valence-corrected chi connectivity index (χ2v) is 4.48. The molecule has 0 bridgehead atoms. The number of carbonyl (C=O) groups excluding carboxylic acids is 1. The predicted octanol–water partition coefficient (Wildman–Crippen LogP) is 1.16. The lowest BCUT2D eigenvalue weighted by molar-refractivity contribution is -0.136. The fourth-order valence-corrected chi connectivity index (χ4v) is 2.13. The van der Waals surface area contributed by atoms with Crippen LogP contribution in [-0.2, 0) is 16.0 Å². The van der Waals surface area contributed by atoms with Crippen LogP contribution in [0, 0.1) is 0 Å². The highest BCUT2D eigenvalue weighted by Crippen LogP contribution is 2.17. The molecule has 0 aromatic carbocycles. The maximum Gasteiger partial charge on any atom is 0.311 e. The van der Waals surface area contributed by atoms with E-state index in [1.165, 1.54) is 12.3 Å². The van der Waals surface area contributed by atoms with Crippen molar-refractivity contribution in [1.82, 2.24) is 4.90 Å². The van der Waals surface area contributed by atoms with Crippen LogP contribution in [0.5, 0.6) is 0 Å². The number of carboxylic acids is 1. The van der Waals surface area contributed by atoms with Gasteiger partial charge in [-0.1, -0.05) is 6.92 Å². The zero-order valence-electron chi connectivity index (χ0n) is 10.8.